The van der Waals surface area contributed by atoms with E-state index in [0.29, 0.717) is 24.2 Å². The van der Waals surface area contributed by atoms with Crippen LogP contribution in [-0.2, 0) is 25.6 Å². The lowest BCUT2D eigenvalue weighted by Crippen LogP contribution is -2.59. The lowest BCUT2D eigenvalue weighted by molar-refractivity contribution is -0.134. The van der Waals surface area contributed by atoms with E-state index in [-0.39, 0.29) is 49.3 Å². The van der Waals surface area contributed by atoms with Gasteiger partial charge in [-0.2, -0.15) is 5.10 Å². The zero-order valence-corrected chi connectivity index (χ0v) is 31.5. The summed E-state index contributed by atoms with van der Waals surface area (Å²) in [5.41, 5.74) is 18.3. The first-order chi connectivity index (χ1) is 25.6. The lowest BCUT2D eigenvalue weighted by Gasteiger charge is -2.29. The molecule has 0 aliphatic carbocycles. The van der Waals surface area contributed by atoms with Gasteiger partial charge >= 0.3 is 0 Å². The van der Waals surface area contributed by atoms with Gasteiger partial charge in [-0.3, -0.25) is 29.0 Å². The molecule has 3 aromatic rings. The Kier molecular flexibility index (Phi) is 16.1. The lowest BCUT2D eigenvalue weighted by atomic mass is 9.95. The van der Waals surface area contributed by atoms with E-state index in [0.717, 1.165) is 5.56 Å². The van der Waals surface area contributed by atoms with Gasteiger partial charge in [0.2, 0.25) is 23.6 Å². The zero-order chi connectivity index (χ0) is 39.9. The molecule has 292 valence electrons. The van der Waals surface area contributed by atoms with Crippen LogP contribution >= 0.6 is 0 Å². The van der Waals surface area contributed by atoms with Crippen molar-refractivity contribution in [1.82, 2.24) is 31.0 Å². The summed E-state index contributed by atoms with van der Waals surface area (Å²) in [4.78, 5) is 71.2. The van der Waals surface area contributed by atoms with E-state index in [2.05, 4.69) is 31.4 Å². The summed E-state index contributed by atoms with van der Waals surface area (Å²) in [6.07, 6.45) is 1.28. The van der Waals surface area contributed by atoms with Crippen molar-refractivity contribution >= 4 is 35.5 Å². The van der Waals surface area contributed by atoms with Crippen molar-refractivity contribution in [1.29, 1.82) is 0 Å². The van der Waals surface area contributed by atoms with Crippen molar-refractivity contribution in [2.45, 2.75) is 90.9 Å². The number of aromatic nitrogens is 2. The fraction of sp³-hybridized carbons (Fsp3) is 0.447. The molecule has 0 radical (unpaired) electrons. The number of halogens is 1. The number of carbonyl (C=O) groups is 5. The van der Waals surface area contributed by atoms with Gasteiger partial charge in [0.15, 0.2) is 11.7 Å². The van der Waals surface area contributed by atoms with Crippen LogP contribution in [0.4, 0.5) is 4.39 Å². The second kappa shape index (κ2) is 20.4. The van der Waals surface area contributed by atoms with Crippen molar-refractivity contribution in [3.05, 3.63) is 83.4 Å². The van der Waals surface area contributed by atoms with Gasteiger partial charge in [-0.1, -0.05) is 70.5 Å². The molecule has 0 saturated carbocycles. The number of guanidine groups is 1. The van der Waals surface area contributed by atoms with E-state index >= 15 is 0 Å². The summed E-state index contributed by atoms with van der Waals surface area (Å²) in [6.45, 7) is 9.27. The number of aryl methyl sites for hydroxylation is 1. The van der Waals surface area contributed by atoms with Gasteiger partial charge in [-0.05, 0) is 67.9 Å². The molecule has 0 aliphatic heterocycles. The molecular formula is C38H53FN10O5. The Morgan fingerprint density at radius 1 is 0.833 bits per heavy atom. The SMILES string of the molecule is CC[C@H](C)[C@H](NC(=O)[C@H](CC(C)C)NC(=O)[C@H](CCCN=C(N)N)NC(=O)c1cc(C)n(-c2cccc(F)c2)n1)C(=O)N[C@@H](Cc1ccccc1)C(N)=O. The average molecular weight is 749 g/mol. The summed E-state index contributed by atoms with van der Waals surface area (Å²) < 4.78 is 15.3. The predicted octanol–water partition coefficient (Wildman–Crippen LogP) is 1.75. The second-order valence-electron chi connectivity index (χ2n) is 13.8. The van der Waals surface area contributed by atoms with Gasteiger partial charge in [0.25, 0.3) is 5.91 Å². The minimum absolute atomic E-state index is 0.0146. The number of rotatable bonds is 20. The molecular weight excluding hydrogens is 695 g/mol. The van der Waals surface area contributed by atoms with E-state index in [1.807, 2.05) is 51.1 Å². The van der Waals surface area contributed by atoms with E-state index in [1.165, 1.54) is 28.9 Å². The Morgan fingerprint density at radius 2 is 1.50 bits per heavy atom. The van der Waals surface area contributed by atoms with Crippen LogP contribution in [0.2, 0.25) is 0 Å². The number of carbonyl (C=O) groups excluding carboxylic acids is 5. The maximum atomic E-state index is 13.9. The first-order valence-corrected chi connectivity index (χ1v) is 18.0. The molecule has 0 spiro atoms. The van der Waals surface area contributed by atoms with Crippen LogP contribution < -0.4 is 38.5 Å². The number of benzene rings is 2. The van der Waals surface area contributed by atoms with Gasteiger partial charge in [-0.25, -0.2) is 9.07 Å². The summed E-state index contributed by atoms with van der Waals surface area (Å²) in [6, 6.07) is 12.0. The van der Waals surface area contributed by atoms with Crippen LogP contribution in [0.15, 0.2) is 65.7 Å². The quantitative estimate of drug-likeness (QED) is 0.0509. The third-order valence-electron chi connectivity index (χ3n) is 8.82. The Labute approximate surface area is 315 Å². The third-order valence-corrected chi connectivity index (χ3v) is 8.82. The molecule has 3 rings (SSSR count). The van der Waals surface area contributed by atoms with Crippen LogP contribution in [0.3, 0.4) is 0 Å². The molecule has 0 saturated heterocycles. The maximum Gasteiger partial charge on any atom is 0.272 e. The summed E-state index contributed by atoms with van der Waals surface area (Å²) >= 11 is 0. The van der Waals surface area contributed by atoms with Crippen LogP contribution in [0.1, 0.15) is 75.1 Å². The maximum absolute atomic E-state index is 13.9. The van der Waals surface area contributed by atoms with Crippen LogP contribution in [0.5, 0.6) is 0 Å². The number of hydrogen-bond acceptors (Lipinski definition) is 7. The predicted molar refractivity (Wildman–Crippen MR) is 203 cm³/mol. The molecule has 0 bridgehead atoms. The van der Waals surface area contributed by atoms with Gasteiger partial charge < -0.3 is 38.5 Å². The Balaban J connectivity index is 1.82. The van der Waals surface area contributed by atoms with Gasteiger partial charge in [0.05, 0.1) is 5.69 Å². The van der Waals surface area contributed by atoms with Gasteiger partial charge in [0.1, 0.15) is 30.0 Å². The molecule has 54 heavy (non-hydrogen) atoms. The molecule has 1 aromatic heterocycles. The first-order valence-electron chi connectivity index (χ1n) is 18.0. The normalized spacial score (nSPS) is 13.8. The smallest absolute Gasteiger partial charge is 0.272 e. The molecule has 5 amide bonds. The monoisotopic (exact) mass is 748 g/mol. The van der Waals surface area contributed by atoms with Crippen molar-refractivity contribution in [2.75, 3.05) is 6.54 Å². The molecule has 5 atom stereocenters. The molecule has 10 N–H and O–H groups in total. The number of nitrogens with one attached hydrogen (secondary N) is 4. The molecule has 2 aromatic carbocycles. The molecule has 0 fully saturated rings. The number of nitrogens with two attached hydrogens (primary N) is 3. The fourth-order valence-corrected chi connectivity index (χ4v) is 5.72. The fourth-order valence-electron chi connectivity index (χ4n) is 5.72. The molecule has 1 heterocycles. The van der Waals surface area contributed by atoms with Gasteiger partial charge in [0, 0.05) is 18.7 Å². The molecule has 15 nitrogen and oxygen atoms in total. The standard InChI is InChI=1S/C38H53FN10O5/c1-6-23(4)32(37(54)45-29(33(40)50)20-25-12-8-7-9-13-25)47-35(52)30(18-22(2)3)46-34(51)28(16-11-17-43-38(41)42)44-36(53)31-19-24(5)49(48-31)27-15-10-14-26(39)21-27/h7-10,12-15,19,21-23,28-30,32H,6,11,16-18,20H2,1-5H3,(H2,40,50)(H,44,53)(H,45,54)(H,46,51)(H,47,52)(H4,41,42,43)/t23-,28-,29-,30-,32-/m0/s1. The average Bonchev–Trinajstić information content (AvgIpc) is 3.52. The van der Waals surface area contributed by atoms with Crippen molar-refractivity contribution in [3.8, 4) is 5.69 Å². The number of amides is 5. The van der Waals surface area contributed by atoms with E-state index < -0.39 is 59.5 Å². The van der Waals surface area contributed by atoms with Crippen LogP contribution in [-0.4, -0.2) is 76.0 Å². The summed E-state index contributed by atoms with van der Waals surface area (Å²) in [5.74, 6) is -4.29. The topological polar surface area (TPSA) is 242 Å². The van der Waals surface area contributed by atoms with E-state index in [9.17, 15) is 28.4 Å². The summed E-state index contributed by atoms with van der Waals surface area (Å²) in [7, 11) is 0. The van der Waals surface area contributed by atoms with Crippen molar-refractivity contribution in [2.24, 2.45) is 34.0 Å². The molecule has 0 aliphatic rings. The highest BCUT2D eigenvalue weighted by Crippen LogP contribution is 2.15. The van der Waals surface area contributed by atoms with Crippen LogP contribution in [0, 0.1) is 24.6 Å². The zero-order valence-electron chi connectivity index (χ0n) is 31.5. The number of aliphatic imine (C=N–C) groups is 1. The highest BCUT2D eigenvalue weighted by Gasteiger charge is 2.33. The molecule has 0 unspecified atom stereocenters. The largest absolute Gasteiger partial charge is 0.370 e. The number of primary amides is 1. The highest BCUT2D eigenvalue weighted by molar-refractivity contribution is 5.98. The summed E-state index contributed by atoms with van der Waals surface area (Å²) in [5, 5.41) is 15.3. The van der Waals surface area contributed by atoms with Gasteiger partial charge in [-0.15, -0.1) is 0 Å². The van der Waals surface area contributed by atoms with Crippen molar-refractivity contribution < 1.29 is 28.4 Å². The van der Waals surface area contributed by atoms with Crippen molar-refractivity contribution in [3.63, 3.8) is 0 Å². The Morgan fingerprint density at radius 3 is 2.11 bits per heavy atom. The minimum Gasteiger partial charge on any atom is -0.370 e. The Hall–Kier alpha value is -5.80. The second-order valence-corrected chi connectivity index (χ2v) is 13.8. The minimum atomic E-state index is -1.14. The number of hydrogen-bond donors (Lipinski definition) is 7. The van der Waals surface area contributed by atoms with Crippen LogP contribution in [0.25, 0.3) is 5.69 Å². The number of nitrogens with zero attached hydrogens (tertiary/aromatic N) is 3. The third kappa shape index (κ3) is 13.0. The van der Waals surface area contributed by atoms with E-state index in [4.69, 9.17) is 17.2 Å². The Bertz CT molecular complexity index is 1780. The molecule has 16 heteroatoms. The van der Waals surface area contributed by atoms with E-state index in [1.54, 1.807) is 19.9 Å². The highest BCUT2D eigenvalue weighted by atomic mass is 19.1. The first kappa shape index (κ1) is 42.6.